The minimum Gasteiger partial charge on any atom is -0.354 e. The van der Waals surface area contributed by atoms with E-state index in [9.17, 15) is 4.39 Å². The summed E-state index contributed by atoms with van der Waals surface area (Å²) in [4.78, 5) is 4.68. The zero-order valence-corrected chi connectivity index (χ0v) is 19.2. The van der Waals surface area contributed by atoms with Gasteiger partial charge in [0, 0.05) is 13.1 Å². The second-order valence-corrected chi connectivity index (χ2v) is 7.30. The van der Waals surface area contributed by atoms with Crippen LogP contribution in [0.1, 0.15) is 54.9 Å². The van der Waals surface area contributed by atoms with Crippen molar-refractivity contribution in [3.8, 4) is 0 Å². The van der Waals surface area contributed by atoms with Crippen molar-refractivity contribution in [3.63, 3.8) is 0 Å². The summed E-state index contributed by atoms with van der Waals surface area (Å²) in [6.07, 6.45) is 6.11. The van der Waals surface area contributed by atoms with E-state index in [1.165, 1.54) is 19.3 Å². The van der Waals surface area contributed by atoms with Crippen molar-refractivity contribution in [2.75, 3.05) is 0 Å². The average Bonchev–Trinajstić information content (AvgIpc) is 2.99. The molecule has 1 aromatic carbocycles. The molecule has 0 atom stereocenters. The summed E-state index contributed by atoms with van der Waals surface area (Å²) in [5, 5.41) is 15.2. The average molecular weight is 500 g/mol. The predicted molar refractivity (Wildman–Crippen MR) is 120 cm³/mol. The van der Waals surface area contributed by atoms with Crippen LogP contribution in [0.15, 0.2) is 23.2 Å². The molecule has 6 nitrogen and oxygen atoms in total. The third kappa shape index (κ3) is 6.15. The summed E-state index contributed by atoms with van der Waals surface area (Å²) in [7, 11) is 1.95. The Morgan fingerprint density at radius 2 is 1.96 bits per heavy atom. The molecule has 8 heteroatoms. The number of aliphatic imine (C=N–C) groups is 1. The number of benzene rings is 1. The highest BCUT2D eigenvalue weighted by Gasteiger charge is 2.15. The first kappa shape index (κ1) is 22.6. The van der Waals surface area contributed by atoms with Crippen LogP contribution in [-0.4, -0.2) is 26.8 Å². The van der Waals surface area contributed by atoms with Crippen molar-refractivity contribution in [2.24, 2.45) is 12.0 Å². The van der Waals surface area contributed by atoms with Gasteiger partial charge in [0.15, 0.2) is 11.8 Å². The highest BCUT2D eigenvalue weighted by Crippen LogP contribution is 2.17. The van der Waals surface area contributed by atoms with E-state index >= 15 is 0 Å². The number of hydrogen-bond acceptors (Lipinski definition) is 3. The molecule has 1 saturated carbocycles. The fourth-order valence-electron chi connectivity index (χ4n) is 3.27. The van der Waals surface area contributed by atoms with Crippen LogP contribution in [0.4, 0.5) is 4.39 Å². The lowest BCUT2D eigenvalue weighted by atomic mass is 9.96. The maximum atomic E-state index is 13.8. The number of guanidine groups is 1. The smallest absolute Gasteiger partial charge is 0.192 e. The lowest BCUT2D eigenvalue weighted by Crippen LogP contribution is -2.44. The largest absolute Gasteiger partial charge is 0.354 e. The van der Waals surface area contributed by atoms with Crippen LogP contribution in [0.25, 0.3) is 0 Å². The summed E-state index contributed by atoms with van der Waals surface area (Å²) in [5.74, 6) is 2.28. The number of halogens is 2. The third-order valence-corrected chi connectivity index (χ3v) is 5.20. The maximum absolute atomic E-state index is 13.8. The molecule has 0 spiro atoms. The van der Waals surface area contributed by atoms with Gasteiger partial charge in [0.2, 0.25) is 0 Å². The molecule has 0 radical (unpaired) electrons. The van der Waals surface area contributed by atoms with E-state index in [1.54, 1.807) is 19.1 Å². The Labute approximate surface area is 183 Å². The molecule has 0 bridgehead atoms. The Balaban J connectivity index is 0.00000280. The Bertz CT molecular complexity index is 798. The fraction of sp³-hybridized carbons (Fsp3) is 0.550. The predicted octanol–water partition coefficient (Wildman–Crippen LogP) is 3.76. The van der Waals surface area contributed by atoms with Crippen LogP contribution in [0, 0.1) is 19.7 Å². The summed E-state index contributed by atoms with van der Waals surface area (Å²) >= 11 is 0. The van der Waals surface area contributed by atoms with Crippen molar-refractivity contribution >= 4 is 29.9 Å². The molecule has 1 aliphatic rings. The molecule has 1 aromatic heterocycles. The third-order valence-electron chi connectivity index (χ3n) is 5.20. The van der Waals surface area contributed by atoms with E-state index < -0.39 is 0 Å². The van der Waals surface area contributed by atoms with Crippen LogP contribution >= 0.6 is 24.0 Å². The molecular weight excluding hydrogens is 470 g/mol. The van der Waals surface area contributed by atoms with Crippen molar-refractivity contribution in [1.82, 2.24) is 25.4 Å². The molecule has 0 saturated heterocycles. The first-order valence-electron chi connectivity index (χ1n) is 9.67. The normalized spacial score (nSPS) is 15.2. The second-order valence-electron chi connectivity index (χ2n) is 7.30. The standard InChI is InChI=1S/C20H29FN6.HI/c1-14-9-10-16(11-18(14)21)12-22-20(24-17-7-5-4-6-8-17)23-13-19-26-25-15(2)27(19)3;/h9-11,17H,4-8,12-13H2,1-3H3,(H2,22,23,24);1H. The van der Waals surface area contributed by atoms with Crippen LogP contribution in [0.3, 0.4) is 0 Å². The van der Waals surface area contributed by atoms with Crippen LogP contribution in [-0.2, 0) is 20.1 Å². The zero-order chi connectivity index (χ0) is 19.2. The van der Waals surface area contributed by atoms with E-state index in [0.717, 1.165) is 36.0 Å². The summed E-state index contributed by atoms with van der Waals surface area (Å²) < 4.78 is 15.8. The Morgan fingerprint density at radius 1 is 1.21 bits per heavy atom. The lowest BCUT2D eigenvalue weighted by Gasteiger charge is -2.25. The molecule has 1 fully saturated rings. The number of rotatable bonds is 5. The van der Waals surface area contributed by atoms with E-state index in [4.69, 9.17) is 0 Å². The van der Waals surface area contributed by atoms with Crippen molar-refractivity contribution in [1.29, 1.82) is 0 Å². The second kappa shape index (κ2) is 10.7. The van der Waals surface area contributed by atoms with E-state index in [2.05, 4.69) is 25.8 Å². The molecule has 0 amide bonds. The minimum absolute atomic E-state index is 0. The van der Waals surface area contributed by atoms with Gasteiger partial charge in [-0.2, -0.15) is 0 Å². The molecule has 154 valence electrons. The number of hydrogen-bond donors (Lipinski definition) is 2. The van der Waals surface area contributed by atoms with Crippen LogP contribution < -0.4 is 10.6 Å². The Kier molecular flexibility index (Phi) is 8.65. The molecular formula is C20H30FIN6. The van der Waals surface area contributed by atoms with Gasteiger partial charge in [-0.1, -0.05) is 31.4 Å². The molecule has 3 rings (SSSR count). The molecule has 2 N–H and O–H groups in total. The summed E-state index contributed by atoms with van der Waals surface area (Å²) in [5.41, 5.74) is 1.51. The topological polar surface area (TPSA) is 67.1 Å². The SMILES string of the molecule is Cc1ccc(CN=C(NCc2nnc(C)n2C)NC2CCCCC2)cc1F.I. The van der Waals surface area contributed by atoms with Gasteiger partial charge >= 0.3 is 0 Å². The fourth-order valence-corrected chi connectivity index (χ4v) is 3.27. The highest BCUT2D eigenvalue weighted by atomic mass is 127. The monoisotopic (exact) mass is 500 g/mol. The lowest BCUT2D eigenvalue weighted by molar-refractivity contribution is 0.409. The number of aryl methyl sites for hydroxylation is 2. The van der Waals surface area contributed by atoms with Gasteiger partial charge in [0.05, 0.1) is 13.1 Å². The maximum Gasteiger partial charge on any atom is 0.192 e. The number of nitrogens with zero attached hydrogens (tertiary/aromatic N) is 4. The first-order valence-corrected chi connectivity index (χ1v) is 9.67. The molecule has 28 heavy (non-hydrogen) atoms. The minimum atomic E-state index is -0.188. The summed E-state index contributed by atoms with van der Waals surface area (Å²) in [6.45, 7) is 4.66. The van der Waals surface area contributed by atoms with Crippen molar-refractivity contribution < 1.29 is 4.39 Å². The van der Waals surface area contributed by atoms with Gasteiger partial charge in [-0.05, 0) is 43.9 Å². The Hall–Kier alpha value is -1.71. The van der Waals surface area contributed by atoms with Crippen LogP contribution in [0.5, 0.6) is 0 Å². The molecule has 2 aromatic rings. The van der Waals surface area contributed by atoms with E-state index in [0.29, 0.717) is 24.7 Å². The summed E-state index contributed by atoms with van der Waals surface area (Å²) in [6, 6.07) is 5.71. The zero-order valence-electron chi connectivity index (χ0n) is 16.8. The van der Waals surface area contributed by atoms with Gasteiger partial charge in [-0.15, -0.1) is 34.2 Å². The van der Waals surface area contributed by atoms with E-state index in [-0.39, 0.29) is 29.8 Å². The number of aromatic nitrogens is 3. The van der Waals surface area contributed by atoms with Gasteiger partial charge < -0.3 is 15.2 Å². The van der Waals surface area contributed by atoms with Gasteiger partial charge in [-0.3, -0.25) is 0 Å². The molecule has 1 heterocycles. The highest BCUT2D eigenvalue weighted by molar-refractivity contribution is 14.0. The number of nitrogens with one attached hydrogen (secondary N) is 2. The van der Waals surface area contributed by atoms with Gasteiger partial charge in [0.25, 0.3) is 0 Å². The Morgan fingerprint density at radius 3 is 2.61 bits per heavy atom. The first-order chi connectivity index (χ1) is 13.0. The quantitative estimate of drug-likeness (QED) is 0.373. The molecule has 1 aliphatic carbocycles. The molecule has 0 aliphatic heterocycles. The van der Waals surface area contributed by atoms with E-state index in [1.807, 2.05) is 24.6 Å². The van der Waals surface area contributed by atoms with Crippen molar-refractivity contribution in [2.45, 2.75) is 65.1 Å². The van der Waals surface area contributed by atoms with Gasteiger partial charge in [0.1, 0.15) is 11.6 Å². The molecule has 0 unspecified atom stereocenters. The van der Waals surface area contributed by atoms with Crippen LogP contribution in [0.2, 0.25) is 0 Å². The van der Waals surface area contributed by atoms with Crippen molar-refractivity contribution in [3.05, 3.63) is 46.8 Å². The van der Waals surface area contributed by atoms with Gasteiger partial charge in [-0.25, -0.2) is 9.38 Å².